The lowest BCUT2D eigenvalue weighted by Crippen LogP contribution is -2.52. The number of anilines is 3. The van der Waals surface area contributed by atoms with Crippen molar-refractivity contribution in [2.45, 2.75) is 51.4 Å². The van der Waals surface area contributed by atoms with Crippen LogP contribution in [0.1, 0.15) is 33.6 Å². The summed E-state index contributed by atoms with van der Waals surface area (Å²) >= 11 is 6.64. The van der Waals surface area contributed by atoms with Gasteiger partial charge >= 0.3 is 0 Å². The van der Waals surface area contributed by atoms with Crippen molar-refractivity contribution in [3.8, 4) is 0 Å². The summed E-state index contributed by atoms with van der Waals surface area (Å²) in [7, 11) is 0. The first-order chi connectivity index (χ1) is 15.1. The maximum atomic E-state index is 10.8. The number of rotatable bonds is 5. The number of nitrogens with one attached hydrogen (secondary N) is 1. The standard InChI is InChI=1S/C23H29ClN6O2/c1-22(2,31)13-30-12-17(9-26-30)27-21-25-8-14-6-18(24)20(7-19(14)28-21)29-10-15-4-5-16(11-29)23(15,3)32/h6-9,12,15-16,31-32H,4-5,10-11,13H2,1-3H3,(H,25,27,28). The molecule has 0 radical (unpaired) electrons. The summed E-state index contributed by atoms with van der Waals surface area (Å²) in [4.78, 5) is 11.4. The summed E-state index contributed by atoms with van der Waals surface area (Å²) in [5.74, 6) is 0.988. The van der Waals surface area contributed by atoms with Gasteiger partial charge in [0.2, 0.25) is 5.95 Å². The predicted octanol–water partition coefficient (Wildman–Crippen LogP) is 3.59. The molecule has 1 aromatic carbocycles. The molecule has 3 aromatic rings. The van der Waals surface area contributed by atoms with Crippen LogP contribution in [0.25, 0.3) is 10.9 Å². The van der Waals surface area contributed by atoms with Gasteiger partial charge in [0.15, 0.2) is 0 Å². The summed E-state index contributed by atoms with van der Waals surface area (Å²) in [5, 5.41) is 29.8. The Labute approximate surface area is 192 Å². The third-order valence-corrected chi connectivity index (χ3v) is 7.13. The second-order valence-electron chi connectivity index (χ2n) is 10.0. The van der Waals surface area contributed by atoms with Gasteiger partial charge in [0.1, 0.15) is 0 Å². The highest BCUT2D eigenvalue weighted by Gasteiger charge is 2.49. The van der Waals surface area contributed by atoms with Crippen molar-refractivity contribution in [2.24, 2.45) is 11.8 Å². The fraction of sp³-hybridized carbons (Fsp3) is 0.522. The Morgan fingerprint density at radius 3 is 2.62 bits per heavy atom. The van der Waals surface area contributed by atoms with E-state index in [-0.39, 0.29) is 11.8 Å². The first kappa shape index (κ1) is 21.4. The van der Waals surface area contributed by atoms with E-state index < -0.39 is 11.2 Å². The van der Waals surface area contributed by atoms with Crippen LogP contribution in [0.3, 0.4) is 0 Å². The van der Waals surface area contributed by atoms with Crippen molar-refractivity contribution in [1.29, 1.82) is 0 Å². The molecule has 1 aliphatic carbocycles. The van der Waals surface area contributed by atoms with E-state index >= 15 is 0 Å². The van der Waals surface area contributed by atoms with Crippen molar-refractivity contribution in [1.82, 2.24) is 19.7 Å². The van der Waals surface area contributed by atoms with Crippen molar-refractivity contribution in [3.05, 3.63) is 35.7 Å². The minimum Gasteiger partial charge on any atom is -0.389 e. The third-order valence-electron chi connectivity index (χ3n) is 6.83. The topological polar surface area (TPSA) is 99.3 Å². The van der Waals surface area contributed by atoms with Crippen LogP contribution in [0.5, 0.6) is 0 Å². The summed E-state index contributed by atoms with van der Waals surface area (Å²) in [5.41, 5.74) is 1.07. The smallest absolute Gasteiger partial charge is 0.227 e. The maximum Gasteiger partial charge on any atom is 0.227 e. The molecule has 9 heteroatoms. The molecule has 2 aliphatic rings. The Balaban J connectivity index is 1.39. The molecule has 3 heterocycles. The zero-order valence-electron chi connectivity index (χ0n) is 18.6. The average Bonchev–Trinajstić information content (AvgIpc) is 3.13. The van der Waals surface area contributed by atoms with Gasteiger partial charge in [-0.05, 0) is 45.7 Å². The minimum absolute atomic E-state index is 0.260. The highest BCUT2D eigenvalue weighted by Crippen LogP contribution is 2.47. The largest absolute Gasteiger partial charge is 0.389 e. The number of aromatic nitrogens is 4. The lowest BCUT2D eigenvalue weighted by Gasteiger charge is -2.43. The number of hydrogen-bond acceptors (Lipinski definition) is 7. The zero-order valence-corrected chi connectivity index (χ0v) is 19.3. The van der Waals surface area contributed by atoms with Gasteiger partial charge in [0.05, 0.1) is 45.9 Å². The lowest BCUT2D eigenvalue weighted by molar-refractivity contribution is -0.0271. The van der Waals surface area contributed by atoms with E-state index in [0.717, 1.165) is 48.2 Å². The Morgan fingerprint density at radius 2 is 1.94 bits per heavy atom. The number of halogens is 1. The highest BCUT2D eigenvalue weighted by molar-refractivity contribution is 6.34. The molecule has 2 fully saturated rings. The SMILES string of the molecule is CC(C)(O)Cn1cc(Nc2ncc3cc(Cl)c(N4CC5CCC(C4)C5(C)O)cc3n2)cn1. The molecule has 0 amide bonds. The van der Waals surface area contributed by atoms with Crippen LogP contribution < -0.4 is 10.2 Å². The Kier molecular flexibility index (Phi) is 5.07. The molecular weight excluding hydrogens is 428 g/mol. The van der Waals surface area contributed by atoms with Crippen LogP contribution in [-0.2, 0) is 6.54 Å². The van der Waals surface area contributed by atoms with Gasteiger partial charge < -0.3 is 20.4 Å². The molecule has 2 atom stereocenters. The van der Waals surface area contributed by atoms with Gasteiger partial charge in [0.25, 0.3) is 0 Å². The van der Waals surface area contributed by atoms with Gasteiger partial charge in [-0.2, -0.15) is 5.10 Å². The molecule has 1 aliphatic heterocycles. The van der Waals surface area contributed by atoms with E-state index in [0.29, 0.717) is 17.5 Å². The van der Waals surface area contributed by atoms with Crippen LogP contribution in [0.4, 0.5) is 17.3 Å². The van der Waals surface area contributed by atoms with E-state index in [2.05, 4.69) is 25.3 Å². The van der Waals surface area contributed by atoms with E-state index in [1.165, 1.54) is 0 Å². The quantitative estimate of drug-likeness (QED) is 0.539. The van der Waals surface area contributed by atoms with Crippen LogP contribution >= 0.6 is 11.6 Å². The summed E-state index contributed by atoms with van der Waals surface area (Å²) in [6.07, 6.45) is 7.36. The molecule has 5 rings (SSSR count). The first-order valence-electron chi connectivity index (χ1n) is 11.0. The second kappa shape index (κ2) is 7.57. The van der Waals surface area contributed by atoms with Gasteiger partial charge in [-0.1, -0.05) is 11.6 Å². The number of fused-ring (bicyclic) bond motifs is 3. The van der Waals surface area contributed by atoms with Crippen LogP contribution in [0.2, 0.25) is 5.02 Å². The second-order valence-corrected chi connectivity index (χ2v) is 10.4. The summed E-state index contributed by atoms with van der Waals surface area (Å²) < 4.78 is 1.68. The van der Waals surface area contributed by atoms with Gasteiger partial charge in [-0.25, -0.2) is 9.97 Å². The lowest BCUT2D eigenvalue weighted by atomic mass is 9.82. The van der Waals surface area contributed by atoms with Crippen molar-refractivity contribution in [3.63, 3.8) is 0 Å². The van der Waals surface area contributed by atoms with E-state index in [1.807, 2.05) is 25.3 Å². The zero-order chi connectivity index (χ0) is 22.7. The molecule has 170 valence electrons. The monoisotopic (exact) mass is 456 g/mol. The fourth-order valence-corrected chi connectivity index (χ4v) is 5.35. The summed E-state index contributed by atoms with van der Waals surface area (Å²) in [6.45, 7) is 7.44. The highest BCUT2D eigenvalue weighted by atomic mass is 35.5. The number of benzene rings is 1. The molecule has 3 N–H and O–H groups in total. The van der Waals surface area contributed by atoms with Crippen molar-refractivity contribution < 1.29 is 10.2 Å². The van der Waals surface area contributed by atoms with E-state index in [1.54, 1.807) is 30.9 Å². The first-order valence-corrected chi connectivity index (χ1v) is 11.4. The Hall–Kier alpha value is -2.42. The van der Waals surface area contributed by atoms with Crippen LogP contribution in [0.15, 0.2) is 30.7 Å². The maximum absolute atomic E-state index is 10.8. The molecule has 0 spiro atoms. The van der Waals surface area contributed by atoms with E-state index in [4.69, 9.17) is 11.6 Å². The number of piperidine rings is 1. The van der Waals surface area contributed by atoms with E-state index in [9.17, 15) is 10.2 Å². The van der Waals surface area contributed by atoms with Gasteiger partial charge in [0, 0.05) is 42.7 Å². The number of hydrogen-bond donors (Lipinski definition) is 3. The van der Waals surface area contributed by atoms with Crippen molar-refractivity contribution >= 4 is 39.8 Å². The molecule has 32 heavy (non-hydrogen) atoms. The average molecular weight is 457 g/mol. The fourth-order valence-electron chi connectivity index (χ4n) is 5.06. The van der Waals surface area contributed by atoms with Crippen LogP contribution in [0, 0.1) is 11.8 Å². The minimum atomic E-state index is -0.847. The van der Waals surface area contributed by atoms with Crippen molar-refractivity contribution in [2.75, 3.05) is 23.3 Å². The normalized spacial score (nSPS) is 25.5. The molecule has 1 saturated heterocycles. The third kappa shape index (κ3) is 4.02. The molecule has 2 aromatic heterocycles. The number of nitrogens with zero attached hydrogens (tertiary/aromatic N) is 5. The van der Waals surface area contributed by atoms with Crippen LogP contribution in [-0.4, -0.2) is 54.3 Å². The molecule has 2 bridgehead atoms. The molecule has 8 nitrogen and oxygen atoms in total. The van der Waals surface area contributed by atoms with Gasteiger partial charge in [-0.3, -0.25) is 4.68 Å². The predicted molar refractivity (Wildman–Crippen MR) is 125 cm³/mol. The number of aliphatic hydroxyl groups is 2. The summed E-state index contributed by atoms with van der Waals surface area (Å²) in [6, 6.07) is 3.92. The molecule has 2 unspecified atom stereocenters. The molecule has 1 saturated carbocycles. The Morgan fingerprint density at radius 1 is 1.22 bits per heavy atom. The van der Waals surface area contributed by atoms with Gasteiger partial charge in [-0.15, -0.1) is 0 Å². The Bertz CT molecular complexity index is 1140. The molecular formula is C23H29ClN6O2.